The summed E-state index contributed by atoms with van der Waals surface area (Å²) >= 11 is 0. The van der Waals surface area contributed by atoms with E-state index in [1.54, 1.807) is 21.0 Å². The standard InChI is InChI=1S/C22H26O6/c1-4-6-13-24-19-18-17(27-22(23-3)20(19)25-14-7-5-2)15-26-21(28-18)16-11-9-8-10-12-16/h8-12,17-22H,13-15H2,1-3H3/t17-,18-,19+,20-,21?,22+/m1/s1. The fraction of sp³-hybridized carbons (Fsp3) is 0.545. The number of benzene rings is 1. The van der Waals surface area contributed by atoms with E-state index in [-0.39, 0.29) is 25.4 Å². The first-order valence-electron chi connectivity index (χ1n) is 9.31. The summed E-state index contributed by atoms with van der Waals surface area (Å²) in [7, 11) is 1.58. The smallest absolute Gasteiger partial charge is 0.186 e. The van der Waals surface area contributed by atoms with Crippen LogP contribution >= 0.6 is 0 Å². The predicted molar refractivity (Wildman–Crippen MR) is 102 cm³/mol. The summed E-state index contributed by atoms with van der Waals surface area (Å²) in [6.45, 7) is 4.42. The Morgan fingerprint density at radius 2 is 1.64 bits per heavy atom. The van der Waals surface area contributed by atoms with Gasteiger partial charge in [0.25, 0.3) is 0 Å². The van der Waals surface area contributed by atoms with E-state index < -0.39 is 24.8 Å². The van der Waals surface area contributed by atoms with Crippen LogP contribution in [0, 0.1) is 23.7 Å². The Labute approximate surface area is 166 Å². The molecule has 3 rings (SSSR count). The SMILES string of the molecule is CC#CCO[C@@H]1[C@@H](OCC#CC)[C@@H](OC)O[C@@H]2COC(c3ccccc3)O[C@@H]12. The van der Waals surface area contributed by atoms with Gasteiger partial charge >= 0.3 is 0 Å². The van der Waals surface area contributed by atoms with E-state index in [4.69, 9.17) is 28.4 Å². The summed E-state index contributed by atoms with van der Waals surface area (Å²) in [6.07, 6.45) is -2.76. The zero-order chi connectivity index (χ0) is 19.8. The van der Waals surface area contributed by atoms with E-state index in [0.717, 1.165) is 5.56 Å². The van der Waals surface area contributed by atoms with Gasteiger partial charge in [0.1, 0.15) is 37.6 Å². The topological polar surface area (TPSA) is 55.4 Å². The van der Waals surface area contributed by atoms with Crippen LogP contribution in [0.1, 0.15) is 25.7 Å². The number of hydrogen-bond donors (Lipinski definition) is 0. The Kier molecular flexibility index (Phi) is 7.88. The van der Waals surface area contributed by atoms with Gasteiger partial charge in [0.05, 0.1) is 6.61 Å². The lowest BCUT2D eigenvalue weighted by molar-refractivity contribution is -0.365. The molecule has 0 aliphatic carbocycles. The third kappa shape index (κ3) is 4.92. The van der Waals surface area contributed by atoms with Gasteiger partial charge in [0.2, 0.25) is 0 Å². The summed E-state index contributed by atoms with van der Waals surface area (Å²) in [6, 6.07) is 9.79. The Bertz CT molecular complexity index is 728. The lowest BCUT2D eigenvalue weighted by atomic mass is 9.97. The zero-order valence-corrected chi connectivity index (χ0v) is 16.4. The van der Waals surface area contributed by atoms with E-state index in [2.05, 4.69) is 23.7 Å². The summed E-state index contributed by atoms with van der Waals surface area (Å²) < 4.78 is 35.7. The van der Waals surface area contributed by atoms with Crippen molar-refractivity contribution in [2.45, 2.75) is 50.8 Å². The number of ether oxygens (including phenoxy) is 6. The molecule has 6 heteroatoms. The van der Waals surface area contributed by atoms with Gasteiger partial charge in [-0.05, 0) is 13.8 Å². The maximum atomic E-state index is 6.26. The molecule has 2 saturated heterocycles. The second kappa shape index (κ2) is 10.6. The molecular weight excluding hydrogens is 360 g/mol. The van der Waals surface area contributed by atoms with E-state index >= 15 is 0 Å². The van der Waals surface area contributed by atoms with Gasteiger partial charge in [-0.15, -0.1) is 11.8 Å². The van der Waals surface area contributed by atoms with Crippen LogP contribution < -0.4 is 0 Å². The average Bonchev–Trinajstić information content (AvgIpc) is 2.75. The summed E-state index contributed by atoms with van der Waals surface area (Å²) in [5.41, 5.74) is 0.941. The Morgan fingerprint density at radius 3 is 2.29 bits per heavy atom. The normalized spacial score (nSPS) is 31.7. The molecule has 0 radical (unpaired) electrons. The van der Waals surface area contributed by atoms with E-state index in [0.29, 0.717) is 6.61 Å². The molecule has 6 atom stereocenters. The molecule has 150 valence electrons. The quantitative estimate of drug-likeness (QED) is 0.700. The first-order valence-corrected chi connectivity index (χ1v) is 9.31. The molecule has 1 unspecified atom stereocenters. The van der Waals surface area contributed by atoms with Crippen LogP contribution in [0.5, 0.6) is 0 Å². The molecule has 2 fully saturated rings. The Morgan fingerprint density at radius 1 is 0.964 bits per heavy atom. The van der Waals surface area contributed by atoms with Gasteiger partial charge in [0.15, 0.2) is 12.6 Å². The minimum Gasteiger partial charge on any atom is -0.360 e. The lowest BCUT2D eigenvalue weighted by Crippen LogP contribution is -2.63. The largest absolute Gasteiger partial charge is 0.360 e. The third-order valence-corrected chi connectivity index (χ3v) is 4.64. The highest BCUT2D eigenvalue weighted by molar-refractivity contribution is 5.16. The molecule has 2 aliphatic heterocycles. The van der Waals surface area contributed by atoms with Gasteiger partial charge in [0, 0.05) is 12.7 Å². The van der Waals surface area contributed by atoms with E-state index in [9.17, 15) is 0 Å². The molecule has 0 saturated carbocycles. The molecule has 1 aromatic carbocycles. The van der Waals surface area contributed by atoms with Crippen molar-refractivity contribution in [1.29, 1.82) is 0 Å². The second-order valence-electron chi connectivity index (χ2n) is 6.36. The molecule has 0 aromatic heterocycles. The van der Waals surface area contributed by atoms with Gasteiger partial charge in [-0.3, -0.25) is 0 Å². The monoisotopic (exact) mass is 386 g/mol. The number of fused-ring (bicyclic) bond motifs is 1. The third-order valence-electron chi connectivity index (χ3n) is 4.64. The summed E-state index contributed by atoms with van der Waals surface area (Å²) in [5.74, 6) is 11.5. The van der Waals surface area contributed by atoms with Gasteiger partial charge in [-0.25, -0.2) is 0 Å². The number of methoxy groups -OCH3 is 1. The van der Waals surface area contributed by atoms with Crippen LogP contribution in [-0.2, 0) is 28.4 Å². The minimum atomic E-state index is -0.611. The molecule has 0 spiro atoms. The van der Waals surface area contributed by atoms with E-state index in [1.165, 1.54) is 0 Å². The molecule has 2 heterocycles. The van der Waals surface area contributed by atoms with Gasteiger partial charge < -0.3 is 28.4 Å². The van der Waals surface area contributed by atoms with Gasteiger partial charge in [-0.2, -0.15) is 0 Å². The fourth-order valence-corrected chi connectivity index (χ4v) is 3.30. The highest BCUT2D eigenvalue weighted by Gasteiger charge is 2.51. The first-order chi connectivity index (χ1) is 13.8. The molecule has 2 aliphatic rings. The van der Waals surface area contributed by atoms with Crippen LogP contribution in [0.15, 0.2) is 30.3 Å². The molecule has 0 bridgehead atoms. The van der Waals surface area contributed by atoms with Crippen LogP contribution in [0.4, 0.5) is 0 Å². The Hall–Kier alpha value is -1.90. The number of hydrogen-bond acceptors (Lipinski definition) is 6. The highest BCUT2D eigenvalue weighted by Crippen LogP contribution is 2.36. The first kappa shape index (κ1) is 20.8. The molecule has 6 nitrogen and oxygen atoms in total. The van der Waals surface area contributed by atoms with Crippen molar-refractivity contribution in [2.24, 2.45) is 0 Å². The molecule has 0 amide bonds. The van der Waals surface area contributed by atoms with Crippen molar-refractivity contribution >= 4 is 0 Å². The van der Waals surface area contributed by atoms with Crippen LogP contribution in [0.3, 0.4) is 0 Å². The van der Waals surface area contributed by atoms with Crippen molar-refractivity contribution in [2.75, 3.05) is 26.9 Å². The minimum absolute atomic E-state index is 0.250. The molecule has 1 aromatic rings. The van der Waals surface area contributed by atoms with Crippen molar-refractivity contribution in [1.82, 2.24) is 0 Å². The second-order valence-corrected chi connectivity index (χ2v) is 6.36. The van der Waals surface area contributed by atoms with Crippen molar-refractivity contribution in [3.8, 4) is 23.7 Å². The fourth-order valence-electron chi connectivity index (χ4n) is 3.30. The molecular formula is C22H26O6. The highest BCUT2D eigenvalue weighted by atomic mass is 16.8. The van der Waals surface area contributed by atoms with Crippen molar-refractivity contribution in [3.63, 3.8) is 0 Å². The summed E-state index contributed by atoms with van der Waals surface area (Å²) in [5, 5.41) is 0. The van der Waals surface area contributed by atoms with Crippen molar-refractivity contribution in [3.05, 3.63) is 35.9 Å². The maximum absolute atomic E-state index is 6.26. The zero-order valence-electron chi connectivity index (χ0n) is 16.4. The predicted octanol–water partition coefficient (Wildman–Crippen LogP) is 2.29. The molecule has 28 heavy (non-hydrogen) atoms. The summed E-state index contributed by atoms with van der Waals surface area (Å²) in [4.78, 5) is 0. The molecule has 0 N–H and O–H groups in total. The maximum Gasteiger partial charge on any atom is 0.186 e. The van der Waals surface area contributed by atoms with Gasteiger partial charge in [-0.1, -0.05) is 42.2 Å². The number of rotatable bonds is 6. The van der Waals surface area contributed by atoms with Crippen molar-refractivity contribution < 1.29 is 28.4 Å². The van der Waals surface area contributed by atoms with E-state index in [1.807, 2.05) is 30.3 Å². The van der Waals surface area contributed by atoms with Crippen LogP contribution in [0.2, 0.25) is 0 Å². The lowest BCUT2D eigenvalue weighted by Gasteiger charge is -2.48. The van der Waals surface area contributed by atoms with Crippen LogP contribution in [0.25, 0.3) is 0 Å². The Balaban J connectivity index is 1.81. The average molecular weight is 386 g/mol. The van der Waals surface area contributed by atoms with Crippen LogP contribution in [-0.4, -0.2) is 57.6 Å².